The number of aromatic nitrogens is 2. The van der Waals surface area contributed by atoms with E-state index in [-0.39, 0.29) is 18.4 Å². The van der Waals surface area contributed by atoms with Crippen molar-refractivity contribution in [2.75, 3.05) is 13.1 Å². The monoisotopic (exact) mass is 213 g/mol. The number of nitro groups is 1. The second-order valence-corrected chi connectivity index (χ2v) is 2.75. The van der Waals surface area contributed by atoms with Gasteiger partial charge in [-0.15, -0.1) is 0 Å². The fraction of sp³-hybridized carbons (Fsp3) is 0.429. The van der Waals surface area contributed by atoms with Crippen molar-refractivity contribution < 1.29 is 9.72 Å². The zero-order valence-corrected chi connectivity index (χ0v) is 7.92. The van der Waals surface area contributed by atoms with Crippen LogP contribution in [0.15, 0.2) is 12.4 Å². The average molecular weight is 213 g/mol. The molecule has 0 spiro atoms. The van der Waals surface area contributed by atoms with E-state index in [1.807, 2.05) is 0 Å². The lowest BCUT2D eigenvalue weighted by atomic mass is 10.5. The predicted octanol–water partition coefficient (Wildman–Crippen LogP) is -1.13. The topological polar surface area (TPSA) is 116 Å². The molecule has 3 N–H and O–H groups in total. The van der Waals surface area contributed by atoms with Crippen LogP contribution in [-0.2, 0) is 11.3 Å². The van der Waals surface area contributed by atoms with Gasteiger partial charge >= 0.3 is 5.95 Å². The lowest BCUT2D eigenvalue weighted by Crippen LogP contribution is -2.31. The van der Waals surface area contributed by atoms with E-state index in [2.05, 4.69) is 10.3 Å². The van der Waals surface area contributed by atoms with Crippen LogP contribution in [0.1, 0.15) is 0 Å². The van der Waals surface area contributed by atoms with Crippen LogP contribution < -0.4 is 11.1 Å². The molecule has 82 valence electrons. The molecule has 1 aromatic heterocycles. The number of amides is 1. The minimum Gasteiger partial charge on any atom is -0.390 e. The number of carbonyl (C=O) groups is 1. The van der Waals surface area contributed by atoms with Crippen molar-refractivity contribution in [3.05, 3.63) is 22.5 Å². The molecule has 1 rings (SSSR count). The largest absolute Gasteiger partial charge is 0.435 e. The van der Waals surface area contributed by atoms with Gasteiger partial charge in [0.1, 0.15) is 12.4 Å². The number of hydrogen-bond donors (Lipinski definition) is 2. The maximum atomic E-state index is 11.2. The quantitative estimate of drug-likeness (QED) is 0.474. The van der Waals surface area contributed by atoms with Crippen LogP contribution in [-0.4, -0.2) is 33.5 Å². The third-order valence-corrected chi connectivity index (χ3v) is 1.64. The summed E-state index contributed by atoms with van der Waals surface area (Å²) in [6.45, 7) is 0.551. The van der Waals surface area contributed by atoms with E-state index < -0.39 is 4.92 Å². The highest BCUT2D eigenvalue weighted by Crippen LogP contribution is 2.06. The van der Waals surface area contributed by atoms with Gasteiger partial charge in [-0.1, -0.05) is 4.98 Å². The summed E-state index contributed by atoms with van der Waals surface area (Å²) in [4.78, 5) is 24.5. The van der Waals surface area contributed by atoms with Gasteiger partial charge in [0.05, 0.1) is 0 Å². The second kappa shape index (κ2) is 5.05. The van der Waals surface area contributed by atoms with Crippen LogP contribution in [0, 0.1) is 10.1 Å². The molecular weight excluding hydrogens is 202 g/mol. The molecule has 0 saturated carbocycles. The van der Waals surface area contributed by atoms with E-state index in [9.17, 15) is 14.9 Å². The van der Waals surface area contributed by atoms with E-state index in [1.54, 1.807) is 0 Å². The molecule has 0 radical (unpaired) electrons. The first-order chi connectivity index (χ1) is 7.15. The van der Waals surface area contributed by atoms with Gasteiger partial charge in [-0.05, 0) is 4.92 Å². The number of hydrogen-bond acceptors (Lipinski definition) is 5. The molecule has 0 atom stereocenters. The number of nitrogens with one attached hydrogen (secondary N) is 1. The molecule has 1 aromatic rings. The van der Waals surface area contributed by atoms with E-state index in [0.29, 0.717) is 13.1 Å². The molecule has 0 aliphatic heterocycles. The van der Waals surface area contributed by atoms with Crippen molar-refractivity contribution in [2.24, 2.45) is 5.73 Å². The Morgan fingerprint density at radius 3 is 3.07 bits per heavy atom. The van der Waals surface area contributed by atoms with Gasteiger partial charge in [0, 0.05) is 13.1 Å². The number of nitrogens with two attached hydrogens (primary N) is 1. The molecule has 8 heteroatoms. The summed E-state index contributed by atoms with van der Waals surface area (Å²) in [5.41, 5.74) is 5.19. The molecule has 1 amide bonds. The zero-order chi connectivity index (χ0) is 11.3. The van der Waals surface area contributed by atoms with Gasteiger partial charge < -0.3 is 21.2 Å². The van der Waals surface area contributed by atoms with Gasteiger partial charge in [-0.25, -0.2) is 4.57 Å². The molecule has 0 fully saturated rings. The van der Waals surface area contributed by atoms with Crippen LogP contribution in [0.5, 0.6) is 0 Å². The Labute approximate surface area is 85.2 Å². The SMILES string of the molecule is NCCNC(=O)Cn1ccnc1[N+](=O)[O-]. The number of carbonyl (C=O) groups excluding carboxylic acids is 1. The smallest absolute Gasteiger partial charge is 0.390 e. The summed E-state index contributed by atoms with van der Waals surface area (Å²) < 4.78 is 1.16. The minimum atomic E-state index is -0.643. The Balaban J connectivity index is 2.60. The third-order valence-electron chi connectivity index (χ3n) is 1.64. The molecule has 15 heavy (non-hydrogen) atoms. The standard InChI is InChI=1S/C7H11N5O3/c8-1-2-9-6(13)5-11-4-3-10-7(11)12(14)15/h3-4H,1-2,5,8H2,(H,9,13). The van der Waals surface area contributed by atoms with Crippen LogP contribution in [0.25, 0.3) is 0 Å². The molecule has 0 aliphatic carbocycles. The van der Waals surface area contributed by atoms with Gasteiger partial charge in [0.2, 0.25) is 0 Å². The molecule has 8 nitrogen and oxygen atoms in total. The summed E-state index contributed by atoms with van der Waals surface area (Å²) in [7, 11) is 0. The van der Waals surface area contributed by atoms with Gasteiger partial charge in [-0.3, -0.25) is 4.79 Å². The summed E-state index contributed by atoms with van der Waals surface area (Å²) >= 11 is 0. The number of imidazole rings is 1. The van der Waals surface area contributed by atoms with Gasteiger partial charge in [-0.2, -0.15) is 0 Å². The van der Waals surface area contributed by atoms with Crippen molar-refractivity contribution in [3.8, 4) is 0 Å². The first kappa shape index (κ1) is 11.1. The summed E-state index contributed by atoms with van der Waals surface area (Å²) in [5.74, 6) is -0.681. The molecule has 0 bridgehead atoms. The maximum Gasteiger partial charge on any atom is 0.435 e. The van der Waals surface area contributed by atoms with Crippen molar-refractivity contribution in [3.63, 3.8) is 0 Å². The van der Waals surface area contributed by atoms with Crippen molar-refractivity contribution in [1.82, 2.24) is 14.9 Å². The average Bonchev–Trinajstić information content (AvgIpc) is 2.62. The van der Waals surface area contributed by atoms with E-state index in [0.717, 1.165) is 4.57 Å². The van der Waals surface area contributed by atoms with Gasteiger partial charge in [0.15, 0.2) is 6.54 Å². The Kier molecular flexibility index (Phi) is 3.75. The van der Waals surface area contributed by atoms with Crippen LogP contribution in [0.2, 0.25) is 0 Å². The molecule has 1 heterocycles. The highest BCUT2D eigenvalue weighted by Gasteiger charge is 2.16. The fourth-order valence-electron chi connectivity index (χ4n) is 1.02. The summed E-state index contributed by atoms with van der Waals surface area (Å²) in [6, 6.07) is 0. The van der Waals surface area contributed by atoms with Crippen LogP contribution in [0.3, 0.4) is 0 Å². The molecular formula is C7H11N5O3. The first-order valence-electron chi connectivity index (χ1n) is 4.27. The Bertz CT molecular complexity index is 361. The van der Waals surface area contributed by atoms with E-state index in [1.165, 1.54) is 12.4 Å². The Morgan fingerprint density at radius 2 is 2.47 bits per heavy atom. The lowest BCUT2D eigenvalue weighted by Gasteiger charge is -2.02. The normalized spacial score (nSPS) is 9.93. The summed E-state index contributed by atoms with van der Waals surface area (Å²) in [6.07, 6.45) is 2.65. The fourth-order valence-corrected chi connectivity index (χ4v) is 1.02. The molecule has 0 saturated heterocycles. The van der Waals surface area contributed by atoms with Crippen molar-refractivity contribution >= 4 is 11.9 Å². The Morgan fingerprint density at radius 1 is 1.73 bits per heavy atom. The molecule has 0 aliphatic rings. The number of nitrogens with zero attached hydrogens (tertiary/aromatic N) is 3. The van der Waals surface area contributed by atoms with Crippen molar-refractivity contribution in [2.45, 2.75) is 6.54 Å². The maximum absolute atomic E-state index is 11.2. The van der Waals surface area contributed by atoms with Crippen LogP contribution in [0.4, 0.5) is 5.95 Å². The second-order valence-electron chi connectivity index (χ2n) is 2.75. The van der Waals surface area contributed by atoms with E-state index >= 15 is 0 Å². The highest BCUT2D eigenvalue weighted by atomic mass is 16.6. The summed E-state index contributed by atoms with van der Waals surface area (Å²) in [5, 5.41) is 13.0. The molecule has 0 aromatic carbocycles. The highest BCUT2D eigenvalue weighted by molar-refractivity contribution is 5.75. The van der Waals surface area contributed by atoms with Gasteiger partial charge in [0.25, 0.3) is 5.91 Å². The number of rotatable bonds is 5. The lowest BCUT2D eigenvalue weighted by molar-refractivity contribution is -0.396. The van der Waals surface area contributed by atoms with Crippen molar-refractivity contribution in [1.29, 1.82) is 0 Å². The third kappa shape index (κ3) is 3.02. The minimum absolute atomic E-state index is 0.129. The zero-order valence-electron chi connectivity index (χ0n) is 7.92. The Hall–Kier alpha value is -1.96. The molecule has 0 unspecified atom stereocenters. The van der Waals surface area contributed by atoms with Crippen LogP contribution >= 0.6 is 0 Å². The predicted molar refractivity (Wildman–Crippen MR) is 50.9 cm³/mol. The van der Waals surface area contributed by atoms with E-state index in [4.69, 9.17) is 5.73 Å². The first-order valence-corrected chi connectivity index (χ1v) is 4.27.